The third-order valence-corrected chi connectivity index (χ3v) is 3.74. The highest BCUT2D eigenvalue weighted by molar-refractivity contribution is 9.10. The van der Waals surface area contributed by atoms with Crippen LogP contribution in [0.5, 0.6) is 0 Å². The molecule has 0 bridgehead atoms. The van der Waals surface area contributed by atoms with Crippen LogP contribution in [0.15, 0.2) is 22.7 Å². The normalized spacial score (nSPS) is 18.2. The van der Waals surface area contributed by atoms with Crippen molar-refractivity contribution < 1.29 is 9.90 Å². The first kappa shape index (κ1) is 13.4. The maximum absolute atomic E-state index is 11.3. The van der Waals surface area contributed by atoms with Crippen molar-refractivity contribution in [2.75, 3.05) is 24.5 Å². The Labute approximate surface area is 115 Å². The Kier molecular flexibility index (Phi) is 4.24. The molecule has 0 saturated carbocycles. The largest absolute Gasteiger partial charge is 0.389 e. The van der Waals surface area contributed by atoms with Crippen LogP contribution in [-0.4, -0.2) is 30.6 Å². The number of carbonyl (C=O) groups excluding carboxylic acids is 1. The summed E-state index contributed by atoms with van der Waals surface area (Å²) in [5.74, 6) is 0.106. The highest BCUT2D eigenvalue weighted by Gasteiger charge is 2.16. The fraction of sp³-hybridized carbons (Fsp3) is 0.462. The van der Waals surface area contributed by atoms with E-state index in [1.165, 1.54) is 0 Å². The molecule has 2 N–H and O–H groups in total. The molecule has 1 unspecified atom stereocenters. The summed E-state index contributed by atoms with van der Waals surface area (Å²) in [4.78, 5) is 13.5. The van der Waals surface area contributed by atoms with Gasteiger partial charge in [0.15, 0.2) is 0 Å². The van der Waals surface area contributed by atoms with Gasteiger partial charge in [0.05, 0.1) is 11.8 Å². The van der Waals surface area contributed by atoms with Crippen LogP contribution >= 0.6 is 15.9 Å². The number of benzene rings is 1. The lowest BCUT2D eigenvalue weighted by atomic mass is 10.1. The lowest BCUT2D eigenvalue weighted by Crippen LogP contribution is -2.28. The fourth-order valence-corrected chi connectivity index (χ4v) is 2.69. The summed E-state index contributed by atoms with van der Waals surface area (Å²) in [5, 5.41) is 12.4. The molecule has 1 heterocycles. The molecule has 0 spiro atoms. The molecule has 5 heteroatoms. The number of nitrogens with zero attached hydrogens (tertiary/aromatic N) is 1. The van der Waals surface area contributed by atoms with E-state index in [1.54, 1.807) is 6.92 Å². The highest BCUT2D eigenvalue weighted by atomic mass is 79.9. The summed E-state index contributed by atoms with van der Waals surface area (Å²) in [6.45, 7) is 3.94. The van der Waals surface area contributed by atoms with Gasteiger partial charge in [-0.1, -0.05) is 6.07 Å². The fourth-order valence-electron chi connectivity index (χ4n) is 2.05. The molecule has 98 valence electrons. The summed E-state index contributed by atoms with van der Waals surface area (Å²) in [6.07, 6.45) is 0.0488. The Bertz CT molecular complexity index is 449. The second-order valence-electron chi connectivity index (χ2n) is 4.47. The van der Waals surface area contributed by atoms with Gasteiger partial charge in [0.2, 0.25) is 5.91 Å². The lowest BCUT2D eigenvalue weighted by Gasteiger charge is -2.23. The number of hydrogen-bond donors (Lipinski definition) is 2. The molecule has 1 aromatic rings. The molecule has 0 aromatic heterocycles. The van der Waals surface area contributed by atoms with Gasteiger partial charge in [-0.3, -0.25) is 4.79 Å². The average Bonchev–Trinajstić information content (AvgIpc) is 2.54. The zero-order chi connectivity index (χ0) is 13.1. The topological polar surface area (TPSA) is 52.6 Å². The molecule has 2 rings (SSSR count). The van der Waals surface area contributed by atoms with Crippen molar-refractivity contribution in [3.05, 3.63) is 28.2 Å². The second kappa shape index (κ2) is 5.71. The Hall–Kier alpha value is -1.07. The van der Waals surface area contributed by atoms with E-state index in [0.717, 1.165) is 28.8 Å². The first-order valence-electron chi connectivity index (χ1n) is 6.07. The Morgan fingerprint density at radius 2 is 2.22 bits per heavy atom. The van der Waals surface area contributed by atoms with Crippen LogP contribution in [0, 0.1) is 0 Å². The van der Waals surface area contributed by atoms with Crippen molar-refractivity contribution in [3.8, 4) is 0 Å². The quantitative estimate of drug-likeness (QED) is 0.876. The number of carbonyl (C=O) groups is 1. The van der Waals surface area contributed by atoms with Gasteiger partial charge in [-0.25, -0.2) is 0 Å². The molecule has 1 aliphatic heterocycles. The molecule has 1 aromatic carbocycles. The van der Waals surface area contributed by atoms with Gasteiger partial charge < -0.3 is 15.3 Å². The van der Waals surface area contributed by atoms with Crippen molar-refractivity contribution in [1.29, 1.82) is 0 Å². The van der Waals surface area contributed by atoms with E-state index >= 15 is 0 Å². The van der Waals surface area contributed by atoms with E-state index in [0.29, 0.717) is 13.0 Å². The van der Waals surface area contributed by atoms with Gasteiger partial charge in [-0.15, -0.1) is 0 Å². The second-order valence-corrected chi connectivity index (χ2v) is 5.33. The Morgan fingerprint density at radius 1 is 1.44 bits per heavy atom. The number of rotatable bonds is 2. The van der Waals surface area contributed by atoms with Crippen molar-refractivity contribution in [2.45, 2.75) is 19.4 Å². The molecule has 1 saturated heterocycles. The minimum atomic E-state index is -0.470. The van der Waals surface area contributed by atoms with Crippen molar-refractivity contribution in [3.63, 3.8) is 0 Å². The summed E-state index contributed by atoms with van der Waals surface area (Å²) >= 11 is 3.53. The van der Waals surface area contributed by atoms with Crippen LogP contribution in [0.2, 0.25) is 0 Å². The number of halogens is 1. The van der Waals surface area contributed by atoms with E-state index in [9.17, 15) is 9.90 Å². The van der Waals surface area contributed by atoms with Crippen molar-refractivity contribution in [2.24, 2.45) is 0 Å². The van der Waals surface area contributed by atoms with Gasteiger partial charge in [0.25, 0.3) is 0 Å². The van der Waals surface area contributed by atoms with Crippen LogP contribution in [0.25, 0.3) is 0 Å². The van der Waals surface area contributed by atoms with E-state index in [2.05, 4.69) is 26.1 Å². The molecule has 18 heavy (non-hydrogen) atoms. The van der Waals surface area contributed by atoms with Crippen LogP contribution in [0.3, 0.4) is 0 Å². The van der Waals surface area contributed by atoms with Crippen LogP contribution in [0.1, 0.15) is 25.0 Å². The summed E-state index contributed by atoms with van der Waals surface area (Å²) in [7, 11) is 0. The van der Waals surface area contributed by atoms with E-state index in [-0.39, 0.29) is 5.91 Å². The van der Waals surface area contributed by atoms with Crippen LogP contribution in [0.4, 0.5) is 5.69 Å². The maximum Gasteiger partial charge on any atom is 0.221 e. The maximum atomic E-state index is 11.3. The van der Waals surface area contributed by atoms with Crippen LogP contribution in [-0.2, 0) is 4.79 Å². The highest BCUT2D eigenvalue weighted by Crippen LogP contribution is 2.29. The molecule has 0 radical (unpaired) electrons. The van der Waals surface area contributed by atoms with Gasteiger partial charge in [-0.05, 0) is 40.5 Å². The van der Waals surface area contributed by atoms with Crippen molar-refractivity contribution >= 4 is 27.5 Å². The molecule has 0 aliphatic carbocycles. The molecular formula is C13H17BrN2O2. The zero-order valence-corrected chi connectivity index (χ0v) is 11.9. The summed E-state index contributed by atoms with van der Waals surface area (Å²) in [5.41, 5.74) is 1.95. The minimum absolute atomic E-state index is 0.106. The first-order chi connectivity index (χ1) is 8.58. The summed E-state index contributed by atoms with van der Waals surface area (Å²) in [6, 6.07) is 5.84. The van der Waals surface area contributed by atoms with Gasteiger partial charge >= 0.3 is 0 Å². The third kappa shape index (κ3) is 3.03. The zero-order valence-electron chi connectivity index (χ0n) is 10.3. The summed E-state index contributed by atoms with van der Waals surface area (Å²) < 4.78 is 0.954. The van der Waals surface area contributed by atoms with Gasteiger partial charge in [-0.2, -0.15) is 0 Å². The molecular weight excluding hydrogens is 296 g/mol. The minimum Gasteiger partial charge on any atom is -0.389 e. The number of nitrogens with one attached hydrogen (secondary N) is 1. The Morgan fingerprint density at radius 3 is 2.89 bits per heavy atom. The molecule has 1 amide bonds. The lowest BCUT2D eigenvalue weighted by molar-refractivity contribution is -0.120. The van der Waals surface area contributed by atoms with E-state index < -0.39 is 6.10 Å². The number of aliphatic hydroxyl groups excluding tert-OH is 1. The van der Waals surface area contributed by atoms with Crippen molar-refractivity contribution in [1.82, 2.24) is 5.32 Å². The predicted octanol–water partition coefficient (Wildman–Crippen LogP) is 1.83. The standard InChI is InChI=1S/C13H17BrN2O2/c1-9(17)10-2-3-12(11(14)8-10)16-6-4-13(18)15-5-7-16/h2-3,8-9,17H,4-7H2,1H3,(H,15,18). The molecule has 4 nitrogen and oxygen atoms in total. The first-order valence-corrected chi connectivity index (χ1v) is 6.86. The predicted molar refractivity (Wildman–Crippen MR) is 74.6 cm³/mol. The van der Waals surface area contributed by atoms with E-state index in [4.69, 9.17) is 0 Å². The number of amides is 1. The molecule has 1 atom stereocenters. The number of hydrogen-bond acceptors (Lipinski definition) is 3. The SMILES string of the molecule is CC(O)c1ccc(N2CCNC(=O)CC2)c(Br)c1. The molecule has 1 fully saturated rings. The number of aliphatic hydroxyl groups is 1. The van der Waals surface area contributed by atoms with E-state index in [1.807, 2.05) is 18.2 Å². The van der Waals surface area contributed by atoms with Gasteiger partial charge in [0, 0.05) is 30.5 Å². The monoisotopic (exact) mass is 312 g/mol. The Balaban J connectivity index is 2.20. The number of anilines is 1. The molecule has 1 aliphatic rings. The average molecular weight is 313 g/mol. The smallest absolute Gasteiger partial charge is 0.221 e. The third-order valence-electron chi connectivity index (χ3n) is 3.11. The van der Waals surface area contributed by atoms with Gasteiger partial charge in [0.1, 0.15) is 0 Å². The van der Waals surface area contributed by atoms with Crippen LogP contribution < -0.4 is 10.2 Å².